The van der Waals surface area contributed by atoms with Gasteiger partial charge in [0.05, 0.1) is 28.8 Å². The van der Waals surface area contributed by atoms with Crippen LogP contribution in [0.15, 0.2) is 58.5 Å². The first-order valence-corrected chi connectivity index (χ1v) is 13.8. The summed E-state index contributed by atoms with van der Waals surface area (Å²) in [5, 5.41) is 1.22. The summed E-state index contributed by atoms with van der Waals surface area (Å²) in [6.45, 7) is 7.01. The Hall–Kier alpha value is -2.39. The molecule has 7 nitrogen and oxygen atoms in total. The molecule has 9 heteroatoms. The Balaban J connectivity index is 1.29. The van der Waals surface area contributed by atoms with E-state index in [0.717, 1.165) is 32.5 Å². The second-order valence-corrected chi connectivity index (χ2v) is 11.2. The van der Waals surface area contributed by atoms with Crippen molar-refractivity contribution in [2.45, 2.75) is 49.4 Å². The number of fused-ring (bicyclic) bond motifs is 1. The summed E-state index contributed by atoms with van der Waals surface area (Å²) in [5.41, 5.74) is 1.71. The van der Waals surface area contributed by atoms with Gasteiger partial charge in [-0.3, -0.25) is 19.1 Å². The van der Waals surface area contributed by atoms with Gasteiger partial charge < -0.3 is 9.64 Å². The molecule has 36 heavy (non-hydrogen) atoms. The zero-order valence-corrected chi connectivity index (χ0v) is 22.0. The van der Waals surface area contributed by atoms with Crippen LogP contribution in [0, 0.1) is 0 Å². The summed E-state index contributed by atoms with van der Waals surface area (Å²) in [4.78, 5) is 35.8. The van der Waals surface area contributed by atoms with Crippen LogP contribution >= 0.6 is 23.4 Å². The molecule has 2 saturated heterocycles. The van der Waals surface area contributed by atoms with Gasteiger partial charge in [-0.25, -0.2) is 4.98 Å². The lowest BCUT2D eigenvalue weighted by Gasteiger charge is -2.36. The number of thioether (sulfide) groups is 1. The SMILES string of the molecule is CC(Sc1nc2cc(Cl)ccc2c(=O)n1CC1CCCO1)C(=O)N1CCN(Cc2ccccc2)CC1. The van der Waals surface area contributed by atoms with Crippen LogP contribution in [0.4, 0.5) is 0 Å². The molecule has 2 aromatic carbocycles. The molecule has 0 bridgehead atoms. The van der Waals surface area contributed by atoms with Gasteiger partial charge in [0.15, 0.2) is 5.16 Å². The first-order valence-electron chi connectivity index (χ1n) is 12.5. The first-order chi connectivity index (χ1) is 17.5. The second kappa shape index (κ2) is 11.3. The minimum Gasteiger partial charge on any atom is -0.376 e. The summed E-state index contributed by atoms with van der Waals surface area (Å²) in [6, 6.07) is 15.5. The van der Waals surface area contributed by atoms with E-state index < -0.39 is 0 Å². The smallest absolute Gasteiger partial charge is 0.262 e. The molecule has 5 rings (SSSR count). The highest BCUT2D eigenvalue weighted by Crippen LogP contribution is 2.27. The van der Waals surface area contributed by atoms with Gasteiger partial charge >= 0.3 is 0 Å². The maximum atomic E-state index is 13.4. The first kappa shape index (κ1) is 25.3. The normalized spacial score (nSPS) is 19.6. The summed E-state index contributed by atoms with van der Waals surface area (Å²) in [6.07, 6.45) is 1.89. The predicted molar refractivity (Wildman–Crippen MR) is 144 cm³/mol. The van der Waals surface area contributed by atoms with E-state index in [-0.39, 0.29) is 22.8 Å². The fraction of sp³-hybridized carbons (Fsp3) is 0.444. The molecule has 0 radical (unpaired) electrons. The van der Waals surface area contributed by atoms with E-state index in [1.807, 2.05) is 17.9 Å². The van der Waals surface area contributed by atoms with Crippen molar-refractivity contribution < 1.29 is 9.53 Å². The van der Waals surface area contributed by atoms with E-state index >= 15 is 0 Å². The van der Waals surface area contributed by atoms with Crippen LogP contribution in [0.2, 0.25) is 5.02 Å². The molecule has 0 saturated carbocycles. The maximum Gasteiger partial charge on any atom is 0.262 e. The van der Waals surface area contributed by atoms with Crippen LogP contribution in [0.25, 0.3) is 10.9 Å². The maximum absolute atomic E-state index is 13.4. The molecule has 190 valence electrons. The molecule has 0 N–H and O–H groups in total. The number of hydrogen-bond acceptors (Lipinski definition) is 6. The molecule has 2 aliphatic heterocycles. The Morgan fingerprint density at radius 2 is 1.94 bits per heavy atom. The third-order valence-corrected chi connectivity index (χ3v) is 8.17. The van der Waals surface area contributed by atoms with Crippen molar-refractivity contribution >= 4 is 40.2 Å². The summed E-state index contributed by atoms with van der Waals surface area (Å²) in [5.74, 6) is 0.0727. The molecule has 1 amide bonds. The standard InChI is InChI=1S/C27H31ClN4O3S/c1-19(25(33)31-13-11-30(12-14-31)17-20-6-3-2-4-7-20)36-27-29-24-16-21(28)9-10-23(24)26(34)32(27)18-22-8-5-15-35-22/h2-4,6-7,9-10,16,19,22H,5,8,11-15,17-18H2,1H3. The lowest BCUT2D eigenvalue weighted by Crippen LogP contribution is -2.50. The number of amides is 1. The Morgan fingerprint density at radius 3 is 2.67 bits per heavy atom. The van der Waals surface area contributed by atoms with Gasteiger partial charge in [0.1, 0.15) is 0 Å². The fourth-order valence-electron chi connectivity index (χ4n) is 4.85. The summed E-state index contributed by atoms with van der Waals surface area (Å²) >= 11 is 7.52. The molecule has 3 heterocycles. The second-order valence-electron chi connectivity index (χ2n) is 9.45. The van der Waals surface area contributed by atoms with Crippen molar-refractivity contribution in [2.75, 3.05) is 32.8 Å². The zero-order valence-electron chi connectivity index (χ0n) is 20.4. The van der Waals surface area contributed by atoms with Crippen LogP contribution in [0.5, 0.6) is 0 Å². The Morgan fingerprint density at radius 1 is 1.17 bits per heavy atom. The number of ether oxygens (including phenoxy) is 1. The van der Waals surface area contributed by atoms with E-state index in [4.69, 9.17) is 21.3 Å². The van der Waals surface area contributed by atoms with E-state index in [0.29, 0.717) is 47.3 Å². The molecule has 3 aromatic rings. The molecule has 1 aromatic heterocycles. The topological polar surface area (TPSA) is 67.7 Å². The zero-order chi connectivity index (χ0) is 25.1. The van der Waals surface area contributed by atoms with Crippen molar-refractivity contribution in [2.24, 2.45) is 0 Å². The number of aromatic nitrogens is 2. The van der Waals surface area contributed by atoms with Crippen LogP contribution in [0.1, 0.15) is 25.3 Å². The van der Waals surface area contributed by atoms with Crippen molar-refractivity contribution in [1.82, 2.24) is 19.4 Å². The van der Waals surface area contributed by atoms with Gasteiger partial charge in [0.2, 0.25) is 5.91 Å². The van der Waals surface area contributed by atoms with Gasteiger partial charge in [-0.15, -0.1) is 0 Å². The number of nitrogens with zero attached hydrogens (tertiary/aromatic N) is 4. The van der Waals surface area contributed by atoms with Gasteiger partial charge in [-0.05, 0) is 43.5 Å². The number of carbonyl (C=O) groups is 1. The molecule has 0 spiro atoms. The minimum absolute atomic E-state index is 0.0164. The van der Waals surface area contributed by atoms with Crippen LogP contribution in [-0.2, 0) is 22.6 Å². The molecular formula is C27H31ClN4O3S. The van der Waals surface area contributed by atoms with Crippen molar-refractivity contribution in [1.29, 1.82) is 0 Å². The van der Waals surface area contributed by atoms with E-state index in [2.05, 4.69) is 29.2 Å². The third kappa shape index (κ3) is 5.78. The molecule has 2 unspecified atom stereocenters. The van der Waals surface area contributed by atoms with Crippen LogP contribution in [0.3, 0.4) is 0 Å². The predicted octanol–water partition coefficient (Wildman–Crippen LogP) is 4.05. The Kier molecular flexibility index (Phi) is 7.96. The van der Waals surface area contributed by atoms with E-state index in [1.165, 1.54) is 17.3 Å². The summed E-state index contributed by atoms with van der Waals surface area (Å²) in [7, 11) is 0. The van der Waals surface area contributed by atoms with Crippen molar-refractivity contribution in [3.8, 4) is 0 Å². The number of halogens is 1. The largest absolute Gasteiger partial charge is 0.376 e. The van der Waals surface area contributed by atoms with Crippen molar-refractivity contribution in [3.63, 3.8) is 0 Å². The van der Waals surface area contributed by atoms with E-state index in [1.54, 1.807) is 22.8 Å². The molecule has 2 atom stereocenters. The lowest BCUT2D eigenvalue weighted by atomic mass is 10.2. The highest BCUT2D eigenvalue weighted by atomic mass is 35.5. The van der Waals surface area contributed by atoms with Gasteiger partial charge in [-0.2, -0.15) is 0 Å². The number of piperazine rings is 1. The van der Waals surface area contributed by atoms with E-state index in [9.17, 15) is 9.59 Å². The van der Waals surface area contributed by atoms with Crippen molar-refractivity contribution in [3.05, 3.63) is 69.5 Å². The molecule has 2 aliphatic rings. The minimum atomic E-state index is -0.370. The van der Waals surface area contributed by atoms with Gasteiger partial charge in [0, 0.05) is 44.4 Å². The van der Waals surface area contributed by atoms with Gasteiger partial charge in [0.25, 0.3) is 5.56 Å². The highest BCUT2D eigenvalue weighted by molar-refractivity contribution is 8.00. The Bertz CT molecular complexity index is 1270. The number of rotatable bonds is 7. The fourth-order valence-corrected chi connectivity index (χ4v) is 6.02. The van der Waals surface area contributed by atoms with Crippen LogP contribution < -0.4 is 5.56 Å². The number of hydrogen-bond donors (Lipinski definition) is 0. The average Bonchev–Trinajstić information content (AvgIpc) is 3.40. The Labute approximate surface area is 220 Å². The summed E-state index contributed by atoms with van der Waals surface area (Å²) < 4.78 is 7.48. The van der Waals surface area contributed by atoms with Gasteiger partial charge in [-0.1, -0.05) is 53.7 Å². The number of carbonyl (C=O) groups excluding carboxylic acids is 1. The highest BCUT2D eigenvalue weighted by Gasteiger charge is 2.28. The molecule has 0 aliphatic carbocycles. The molecule has 2 fully saturated rings. The lowest BCUT2D eigenvalue weighted by molar-refractivity contribution is -0.132. The molecular weight excluding hydrogens is 496 g/mol. The third-order valence-electron chi connectivity index (χ3n) is 6.86. The number of benzene rings is 2. The quantitative estimate of drug-likeness (QED) is 0.342. The monoisotopic (exact) mass is 526 g/mol. The van der Waals surface area contributed by atoms with Crippen LogP contribution in [-0.4, -0.2) is 69.4 Å². The average molecular weight is 527 g/mol.